The molecule has 114 valence electrons. The molecule has 3 unspecified atom stereocenters. The molecule has 0 spiro atoms. The second kappa shape index (κ2) is 6.12. The van der Waals surface area contributed by atoms with Crippen molar-refractivity contribution < 1.29 is 14.3 Å². The lowest BCUT2D eigenvalue weighted by molar-refractivity contribution is -0.162. The Morgan fingerprint density at radius 1 is 1.25 bits per heavy atom. The van der Waals surface area contributed by atoms with Crippen molar-refractivity contribution in [1.29, 1.82) is 0 Å². The van der Waals surface area contributed by atoms with Crippen molar-refractivity contribution in [2.24, 2.45) is 11.8 Å². The number of amides is 2. The van der Waals surface area contributed by atoms with E-state index >= 15 is 0 Å². The Morgan fingerprint density at radius 2 is 1.95 bits per heavy atom. The minimum atomic E-state index is -0.309. The van der Waals surface area contributed by atoms with Crippen LogP contribution in [-0.4, -0.2) is 60.5 Å². The SMILES string of the molecule is COCC(C)CN1C(=O)C2CCCN2C(=O)C1C(C)C. The smallest absolute Gasteiger partial charge is 0.246 e. The van der Waals surface area contributed by atoms with Crippen molar-refractivity contribution in [2.45, 2.75) is 45.7 Å². The van der Waals surface area contributed by atoms with Crippen LogP contribution in [0.2, 0.25) is 0 Å². The molecule has 0 aromatic rings. The van der Waals surface area contributed by atoms with Gasteiger partial charge in [-0.25, -0.2) is 0 Å². The van der Waals surface area contributed by atoms with Gasteiger partial charge in [0.2, 0.25) is 11.8 Å². The first-order valence-electron chi connectivity index (χ1n) is 7.57. The quantitative estimate of drug-likeness (QED) is 0.759. The maximum Gasteiger partial charge on any atom is 0.246 e. The summed E-state index contributed by atoms with van der Waals surface area (Å²) >= 11 is 0. The van der Waals surface area contributed by atoms with Gasteiger partial charge in [-0.1, -0.05) is 20.8 Å². The minimum absolute atomic E-state index is 0.128. The summed E-state index contributed by atoms with van der Waals surface area (Å²) in [6.45, 7) is 8.03. The highest BCUT2D eigenvalue weighted by Gasteiger charge is 2.48. The lowest BCUT2D eigenvalue weighted by Gasteiger charge is -2.44. The Bertz CT molecular complexity index is 383. The summed E-state index contributed by atoms with van der Waals surface area (Å²) in [5.74, 6) is 0.643. The summed E-state index contributed by atoms with van der Waals surface area (Å²) in [6, 6.07) is -0.525. The van der Waals surface area contributed by atoms with Crippen LogP contribution in [0.4, 0.5) is 0 Å². The molecule has 2 fully saturated rings. The maximum absolute atomic E-state index is 12.7. The monoisotopic (exact) mass is 282 g/mol. The van der Waals surface area contributed by atoms with Gasteiger partial charge in [-0.15, -0.1) is 0 Å². The van der Waals surface area contributed by atoms with E-state index in [1.807, 2.05) is 18.7 Å². The Balaban J connectivity index is 2.20. The van der Waals surface area contributed by atoms with Crippen LogP contribution >= 0.6 is 0 Å². The summed E-state index contributed by atoms with van der Waals surface area (Å²) < 4.78 is 5.16. The van der Waals surface area contributed by atoms with Crippen LogP contribution in [0.3, 0.4) is 0 Å². The zero-order valence-electron chi connectivity index (χ0n) is 13.0. The molecule has 0 aromatic carbocycles. The molecule has 20 heavy (non-hydrogen) atoms. The van der Waals surface area contributed by atoms with Gasteiger partial charge in [0.25, 0.3) is 0 Å². The summed E-state index contributed by atoms with van der Waals surface area (Å²) in [6.07, 6.45) is 1.75. The van der Waals surface area contributed by atoms with Gasteiger partial charge >= 0.3 is 0 Å². The lowest BCUT2D eigenvalue weighted by Crippen LogP contribution is -2.65. The molecule has 2 heterocycles. The molecule has 0 radical (unpaired) electrons. The van der Waals surface area contributed by atoms with E-state index in [0.717, 1.165) is 19.4 Å². The number of piperazine rings is 1. The molecular formula is C15H26N2O3. The molecule has 0 aliphatic carbocycles. The van der Waals surface area contributed by atoms with E-state index in [9.17, 15) is 9.59 Å². The summed E-state index contributed by atoms with van der Waals surface area (Å²) in [7, 11) is 1.66. The van der Waals surface area contributed by atoms with Gasteiger partial charge in [0.15, 0.2) is 0 Å². The number of methoxy groups -OCH3 is 1. The lowest BCUT2D eigenvalue weighted by atomic mass is 9.94. The van der Waals surface area contributed by atoms with Gasteiger partial charge < -0.3 is 14.5 Å². The third-order valence-electron chi connectivity index (χ3n) is 4.28. The van der Waals surface area contributed by atoms with Crippen LogP contribution in [0.15, 0.2) is 0 Å². The molecule has 2 aliphatic rings. The number of hydrogen-bond acceptors (Lipinski definition) is 3. The number of fused-ring (bicyclic) bond motifs is 1. The van der Waals surface area contributed by atoms with E-state index in [0.29, 0.717) is 13.2 Å². The molecule has 0 saturated carbocycles. The molecular weight excluding hydrogens is 256 g/mol. The molecule has 0 aromatic heterocycles. The van der Waals surface area contributed by atoms with Crippen LogP contribution in [0.1, 0.15) is 33.6 Å². The number of hydrogen-bond donors (Lipinski definition) is 0. The molecule has 3 atom stereocenters. The fourth-order valence-electron chi connectivity index (χ4n) is 3.44. The topological polar surface area (TPSA) is 49.9 Å². The standard InChI is InChI=1S/C15H26N2O3/c1-10(2)13-15(19)16-7-5-6-12(16)14(18)17(13)8-11(3)9-20-4/h10-13H,5-9H2,1-4H3. The van der Waals surface area contributed by atoms with E-state index in [1.165, 1.54) is 0 Å². The van der Waals surface area contributed by atoms with Gasteiger partial charge in [0, 0.05) is 20.2 Å². The first-order chi connectivity index (χ1) is 9.47. The van der Waals surface area contributed by atoms with Gasteiger partial charge in [-0.05, 0) is 24.7 Å². The fraction of sp³-hybridized carbons (Fsp3) is 0.867. The van der Waals surface area contributed by atoms with Crippen molar-refractivity contribution in [2.75, 3.05) is 26.8 Å². The van der Waals surface area contributed by atoms with Crippen molar-refractivity contribution >= 4 is 11.8 Å². The largest absolute Gasteiger partial charge is 0.384 e. The van der Waals surface area contributed by atoms with Crippen molar-refractivity contribution in [3.8, 4) is 0 Å². The second-order valence-electron chi connectivity index (χ2n) is 6.43. The number of ether oxygens (including phenoxy) is 1. The van der Waals surface area contributed by atoms with Gasteiger partial charge in [-0.2, -0.15) is 0 Å². The van der Waals surface area contributed by atoms with Gasteiger partial charge in [0.05, 0.1) is 6.61 Å². The molecule has 2 saturated heterocycles. The Kier molecular flexibility index (Phi) is 4.68. The number of rotatable bonds is 5. The molecule has 0 N–H and O–H groups in total. The van der Waals surface area contributed by atoms with E-state index < -0.39 is 0 Å². The summed E-state index contributed by atoms with van der Waals surface area (Å²) in [5, 5.41) is 0. The average Bonchev–Trinajstić information content (AvgIpc) is 2.85. The van der Waals surface area contributed by atoms with E-state index in [2.05, 4.69) is 6.92 Å². The van der Waals surface area contributed by atoms with Crippen LogP contribution < -0.4 is 0 Å². The highest BCUT2D eigenvalue weighted by molar-refractivity contribution is 5.97. The number of carbonyl (C=O) groups is 2. The van der Waals surface area contributed by atoms with E-state index in [1.54, 1.807) is 12.0 Å². The predicted octanol–water partition coefficient (Wildman–Crippen LogP) is 1.13. The molecule has 2 rings (SSSR count). The van der Waals surface area contributed by atoms with Crippen molar-refractivity contribution in [1.82, 2.24) is 9.80 Å². The Hall–Kier alpha value is -1.10. The maximum atomic E-state index is 12.7. The second-order valence-corrected chi connectivity index (χ2v) is 6.43. The Morgan fingerprint density at radius 3 is 2.55 bits per heavy atom. The minimum Gasteiger partial charge on any atom is -0.384 e. The third kappa shape index (κ3) is 2.68. The van der Waals surface area contributed by atoms with Crippen LogP contribution in [0.5, 0.6) is 0 Å². The van der Waals surface area contributed by atoms with Gasteiger partial charge in [-0.3, -0.25) is 9.59 Å². The first kappa shape index (κ1) is 15.3. The van der Waals surface area contributed by atoms with Crippen molar-refractivity contribution in [3.05, 3.63) is 0 Å². The molecule has 5 nitrogen and oxygen atoms in total. The first-order valence-corrected chi connectivity index (χ1v) is 7.57. The normalized spacial score (nSPS) is 28.2. The molecule has 2 aliphatic heterocycles. The zero-order valence-corrected chi connectivity index (χ0v) is 13.0. The number of carbonyl (C=O) groups excluding carboxylic acids is 2. The molecule has 2 amide bonds. The highest BCUT2D eigenvalue weighted by atomic mass is 16.5. The van der Waals surface area contributed by atoms with Crippen LogP contribution in [0, 0.1) is 11.8 Å². The molecule has 0 bridgehead atoms. The summed E-state index contributed by atoms with van der Waals surface area (Å²) in [5.41, 5.74) is 0. The van der Waals surface area contributed by atoms with Gasteiger partial charge in [0.1, 0.15) is 12.1 Å². The predicted molar refractivity (Wildman–Crippen MR) is 76.1 cm³/mol. The highest BCUT2D eigenvalue weighted by Crippen LogP contribution is 2.30. The van der Waals surface area contributed by atoms with E-state index in [4.69, 9.17) is 4.74 Å². The fourth-order valence-corrected chi connectivity index (χ4v) is 3.44. The van der Waals surface area contributed by atoms with Crippen LogP contribution in [-0.2, 0) is 14.3 Å². The molecule has 5 heteroatoms. The Labute approximate surface area is 121 Å². The third-order valence-corrected chi connectivity index (χ3v) is 4.28. The number of nitrogens with zero attached hydrogens (tertiary/aromatic N) is 2. The zero-order chi connectivity index (χ0) is 14.9. The average molecular weight is 282 g/mol. The van der Waals surface area contributed by atoms with Crippen LogP contribution in [0.25, 0.3) is 0 Å². The van der Waals surface area contributed by atoms with Crippen molar-refractivity contribution in [3.63, 3.8) is 0 Å². The van der Waals surface area contributed by atoms with E-state index in [-0.39, 0.29) is 35.7 Å². The summed E-state index contributed by atoms with van der Waals surface area (Å²) in [4.78, 5) is 28.9.